The first-order valence-corrected chi connectivity index (χ1v) is 5.38. The summed E-state index contributed by atoms with van der Waals surface area (Å²) >= 11 is 0. The molecule has 0 heterocycles. The van der Waals surface area contributed by atoms with Crippen LogP contribution in [0, 0.1) is 5.92 Å². The summed E-state index contributed by atoms with van der Waals surface area (Å²) in [7, 11) is -0.736. The standard InChI is InChI=1S/C8H20O2Si/c1-6-9-11-10-8(4,5)7(2)3/h7H,6,11H2,1-5H3. The van der Waals surface area contributed by atoms with E-state index in [1.807, 2.05) is 6.92 Å². The van der Waals surface area contributed by atoms with Crippen LogP contribution in [-0.2, 0) is 8.85 Å². The minimum absolute atomic E-state index is 0.0125. The van der Waals surface area contributed by atoms with Crippen molar-refractivity contribution >= 4 is 10.0 Å². The van der Waals surface area contributed by atoms with E-state index in [1.165, 1.54) is 0 Å². The molecule has 0 fully saturated rings. The molecular formula is C8H20O2Si. The maximum absolute atomic E-state index is 5.65. The summed E-state index contributed by atoms with van der Waals surface area (Å²) in [5.41, 5.74) is -0.0125. The SMILES string of the molecule is CCO[SiH2]OC(C)(C)C(C)C. The van der Waals surface area contributed by atoms with Crippen LogP contribution in [0.4, 0.5) is 0 Å². The average Bonchev–Trinajstić information content (AvgIpc) is 1.88. The van der Waals surface area contributed by atoms with Gasteiger partial charge in [-0.05, 0) is 26.7 Å². The summed E-state index contributed by atoms with van der Waals surface area (Å²) in [6, 6.07) is 0. The van der Waals surface area contributed by atoms with E-state index in [1.54, 1.807) is 0 Å². The van der Waals surface area contributed by atoms with E-state index < -0.39 is 10.0 Å². The van der Waals surface area contributed by atoms with Gasteiger partial charge in [0.2, 0.25) is 0 Å². The van der Waals surface area contributed by atoms with Gasteiger partial charge in [-0.1, -0.05) is 13.8 Å². The van der Waals surface area contributed by atoms with E-state index in [2.05, 4.69) is 27.7 Å². The molecule has 0 atom stereocenters. The van der Waals surface area contributed by atoms with Gasteiger partial charge in [0.25, 0.3) is 0 Å². The zero-order valence-corrected chi connectivity index (χ0v) is 9.72. The quantitative estimate of drug-likeness (QED) is 0.466. The van der Waals surface area contributed by atoms with Gasteiger partial charge in [-0.2, -0.15) is 0 Å². The van der Waals surface area contributed by atoms with Gasteiger partial charge >= 0.3 is 10.0 Å². The Morgan fingerprint density at radius 2 is 1.91 bits per heavy atom. The van der Waals surface area contributed by atoms with Crippen LogP contribution < -0.4 is 0 Å². The molecule has 0 aromatic rings. The van der Waals surface area contributed by atoms with Crippen LogP contribution in [0.1, 0.15) is 34.6 Å². The predicted octanol–water partition coefficient (Wildman–Crippen LogP) is 1.47. The van der Waals surface area contributed by atoms with Crippen molar-refractivity contribution in [3.63, 3.8) is 0 Å². The van der Waals surface area contributed by atoms with E-state index in [9.17, 15) is 0 Å². The van der Waals surface area contributed by atoms with Crippen molar-refractivity contribution in [2.45, 2.75) is 40.2 Å². The highest BCUT2D eigenvalue weighted by Crippen LogP contribution is 2.19. The Morgan fingerprint density at radius 1 is 1.36 bits per heavy atom. The Labute approximate surface area is 72.3 Å². The van der Waals surface area contributed by atoms with Gasteiger partial charge in [0.05, 0.1) is 5.60 Å². The van der Waals surface area contributed by atoms with Crippen LogP contribution in [0.5, 0.6) is 0 Å². The van der Waals surface area contributed by atoms with Crippen LogP contribution in [0.3, 0.4) is 0 Å². The van der Waals surface area contributed by atoms with Gasteiger partial charge < -0.3 is 8.85 Å². The molecule has 0 aromatic carbocycles. The molecule has 0 saturated carbocycles. The van der Waals surface area contributed by atoms with E-state index in [-0.39, 0.29) is 5.60 Å². The molecule has 2 nitrogen and oxygen atoms in total. The van der Waals surface area contributed by atoms with Gasteiger partial charge in [0, 0.05) is 6.61 Å². The van der Waals surface area contributed by atoms with Gasteiger partial charge in [0.15, 0.2) is 0 Å². The van der Waals surface area contributed by atoms with Crippen molar-refractivity contribution in [2.75, 3.05) is 6.61 Å². The van der Waals surface area contributed by atoms with Crippen LogP contribution in [0.15, 0.2) is 0 Å². The molecule has 3 heteroatoms. The molecule has 0 aromatic heterocycles. The molecule has 0 bridgehead atoms. The smallest absolute Gasteiger partial charge is 0.304 e. The molecule has 0 aliphatic heterocycles. The summed E-state index contributed by atoms with van der Waals surface area (Å²) in [5.74, 6) is 0.551. The third-order valence-corrected chi connectivity index (χ3v) is 3.55. The fourth-order valence-electron chi connectivity index (χ4n) is 0.444. The Balaban J connectivity index is 3.55. The lowest BCUT2D eigenvalue weighted by Crippen LogP contribution is -2.33. The number of hydrogen-bond acceptors (Lipinski definition) is 2. The first-order valence-electron chi connectivity index (χ1n) is 4.22. The highest BCUT2D eigenvalue weighted by molar-refractivity contribution is 6.18. The summed E-state index contributed by atoms with van der Waals surface area (Å²) in [4.78, 5) is 0. The van der Waals surface area contributed by atoms with Crippen LogP contribution in [0.2, 0.25) is 0 Å². The Morgan fingerprint density at radius 3 is 2.27 bits per heavy atom. The Kier molecular flexibility index (Phi) is 4.96. The molecule has 0 aliphatic carbocycles. The van der Waals surface area contributed by atoms with E-state index in [4.69, 9.17) is 8.85 Å². The first kappa shape index (κ1) is 11.1. The molecule has 0 unspecified atom stereocenters. The fraction of sp³-hybridized carbons (Fsp3) is 1.00. The zero-order valence-electron chi connectivity index (χ0n) is 8.31. The molecule has 0 radical (unpaired) electrons. The normalized spacial score (nSPS) is 13.6. The zero-order chi connectivity index (χ0) is 8.91. The second-order valence-electron chi connectivity index (χ2n) is 3.51. The number of hydrogen-bond donors (Lipinski definition) is 0. The molecule has 0 saturated heterocycles. The van der Waals surface area contributed by atoms with Gasteiger partial charge in [0.1, 0.15) is 0 Å². The molecule has 0 aliphatic rings. The largest absolute Gasteiger partial charge is 0.399 e. The third kappa shape index (κ3) is 4.56. The molecule has 0 spiro atoms. The summed E-state index contributed by atoms with van der Waals surface area (Å²) in [5, 5.41) is 0. The lowest BCUT2D eigenvalue weighted by Gasteiger charge is -2.29. The maximum atomic E-state index is 5.65. The topological polar surface area (TPSA) is 18.5 Å². The van der Waals surface area contributed by atoms with E-state index in [0.29, 0.717) is 5.92 Å². The summed E-state index contributed by atoms with van der Waals surface area (Å²) < 4.78 is 10.9. The first-order chi connectivity index (χ1) is 5.00. The lowest BCUT2D eigenvalue weighted by atomic mass is 9.95. The van der Waals surface area contributed by atoms with Gasteiger partial charge in [-0.3, -0.25) is 0 Å². The minimum Gasteiger partial charge on any atom is -0.399 e. The van der Waals surface area contributed by atoms with Crippen molar-refractivity contribution in [1.82, 2.24) is 0 Å². The van der Waals surface area contributed by atoms with E-state index >= 15 is 0 Å². The second kappa shape index (κ2) is 4.90. The molecule has 11 heavy (non-hydrogen) atoms. The summed E-state index contributed by atoms with van der Waals surface area (Å²) in [6.45, 7) is 11.3. The molecule has 68 valence electrons. The van der Waals surface area contributed by atoms with Crippen molar-refractivity contribution < 1.29 is 8.85 Å². The Hall–Kier alpha value is 0.137. The van der Waals surface area contributed by atoms with Gasteiger partial charge in [-0.25, -0.2) is 0 Å². The second-order valence-corrected chi connectivity index (χ2v) is 4.45. The highest BCUT2D eigenvalue weighted by atomic mass is 28.3. The highest BCUT2D eigenvalue weighted by Gasteiger charge is 2.22. The van der Waals surface area contributed by atoms with Crippen LogP contribution in [0.25, 0.3) is 0 Å². The number of rotatable bonds is 5. The average molecular weight is 176 g/mol. The molecule has 0 N–H and O–H groups in total. The lowest BCUT2D eigenvalue weighted by molar-refractivity contribution is 0.0403. The molecule has 0 rings (SSSR count). The summed E-state index contributed by atoms with van der Waals surface area (Å²) in [6.07, 6.45) is 0. The van der Waals surface area contributed by atoms with Gasteiger partial charge in [-0.15, -0.1) is 0 Å². The predicted molar refractivity (Wildman–Crippen MR) is 50.2 cm³/mol. The fourth-order valence-corrected chi connectivity index (χ4v) is 1.33. The monoisotopic (exact) mass is 176 g/mol. The Bertz CT molecular complexity index is 102. The molecular weight excluding hydrogens is 156 g/mol. The van der Waals surface area contributed by atoms with Crippen LogP contribution >= 0.6 is 0 Å². The molecule has 0 amide bonds. The van der Waals surface area contributed by atoms with Crippen LogP contribution in [-0.4, -0.2) is 22.2 Å². The minimum atomic E-state index is -0.736. The van der Waals surface area contributed by atoms with Crippen molar-refractivity contribution in [3.8, 4) is 0 Å². The van der Waals surface area contributed by atoms with Crippen molar-refractivity contribution in [1.29, 1.82) is 0 Å². The maximum Gasteiger partial charge on any atom is 0.304 e. The van der Waals surface area contributed by atoms with Crippen molar-refractivity contribution in [2.24, 2.45) is 5.92 Å². The van der Waals surface area contributed by atoms with E-state index in [0.717, 1.165) is 6.61 Å². The van der Waals surface area contributed by atoms with Crippen molar-refractivity contribution in [3.05, 3.63) is 0 Å². The third-order valence-electron chi connectivity index (χ3n) is 2.11.